The lowest BCUT2D eigenvalue weighted by Gasteiger charge is -2.07. The van der Waals surface area contributed by atoms with E-state index in [-0.39, 0.29) is 17.0 Å². The molecule has 0 spiro atoms. The first kappa shape index (κ1) is 11.3. The minimum atomic E-state index is -1.17. The highest BCUT2D eigenvalue weighted by Gasteiger charge is 2.15. The van der Waals surface area contributed by atoms with Gasteiger partial charge >= 0.3 is 5.97 Å². The van der Waals surface area contributed by atoms with Crippen molar-refractivity contribution < 1.29 is 14.6 Å². The molecule has 1 aromatic carbocycles. The van der Waals surface area contributed by atoms with Crippen LogP contribution in [0.5, 0.6) is 5.75 Å². The normalized spacial score (nSPS) is 9.40. The minimum absolute atomic E-state index is 0.0698. The van der Waals surface area contributed by atoms with E-state index >= 15 is 0 Å². The average Bonchev–Trinajstić information content (AvgIpc) is 2.26. The summed E-state index contributed by atoms with van der Waals surface area (Å²) < 4.78 is 4.92. The summed E-state index contributed by atoms with van der Waals surface area (Å²) in [6.45, 7) is 0. The zero-order valence-electron chi connectivity index (χ0n) is 7.95. The fraction of sp³-hybridized carbons (Fsp3) is 0.200. The number of aromatic carboxylic acids is 1. The van der Waals surface area contributed by atoms with E-state index in [4.69, 9.17) is 26.7 Å². The molecule has 0 fully saturated rings. The van der Waals surface area contributed by atoms with Crippen molar-refractivity contribution in [1.82, 2.24) is 0 Å². The van der Waals surface area contributed by atoms with Gasteiger partial charge in [0.05, 0.1) is 18.2 Å². The maximum absolute atomic E-state index is 10.9. The number of nitriles is 1. The molecule has 0 aliphatic carbocycles. The molecular formula is C10H8ClNO3. The Hall–Kier alpha value is -1.73. The lowest BCUT2D eigenvalue weighted by molar-refractivity contribution is 0.0696. The van der Waals surface area contributed by atoms with Gasteiger partial charge in [0.1, 0.15) is 11.8 Å². The Morgan fingerprint density at radius 1 is 1.67 bits per heavy atom. The lowest BCUT2D eigenvalue weighted by Crippen LogP contribution is -2.04. The summed E-state index contributed by atoms with van der Waals surface area (Å²) in [5, 5.41) is 17.7. The summed E-state index contributed by atoms with van der Waals surface area (Å²) in [5.74, 6) is -0.723. The zero-order valence-corrected chi connectivity index (χ0v) is 8.71. The van der Waals surface area contributed by atoms with Crippen LogP contribution in [-0.2, 0) is 5.88 Å². The van der Waals surface area contributed by atoms with E-state index < -0.39 is 5.97 Å². The van der Waals surface area contributed by atoms with Crippen LogP contribution in [0, 0.1) is 11.3 Å². The SMILES string of the molecule is COc1cc(CCl)c(C#N)c(C(=O)O)c1. The second kappa shape index (κ2) is 4.67. The highest BCUT2D eigenvalue weighted by molar-refractivity contribution is 6.17. The number of halogens is 1. The molecular weight excluding hydrogens is 218 g/mol. The van der Waals surface area contributed by atoms with E-state index in [9.17, 15) is 4.79 Å². The number of carbonyl (C=O) groups is 1. The fourth-order valence-electron chi connectivity index (χ4n) is 1.20. The molecule has 0 aliphatic rings. The molecule has 4 nitrogen and oxygen atoms in total. The predicted octanol–water partition coefficient (Wildman–Crippen LogP) is 2.00. The third kappa shape index (κ3) is 2.20. The van der Waals surface area contributed by atoms with E-state index in [0.29, 0.717) is 11.3 Å². The molecule has 0 aromatic heterocycles. The zero-order chi connectivity index (χ0) is 11.4. The summed E-state index contributed by atoms with van der Waals surface area (Å²) in [6.07, 6.45) is 0. The number of hydrogen-bond donors (Lipinski definition) is 1. The maximum Gasteiger partial charge on any atom is 0.337 e. The Labute approximate surface area is 91.7 Å². The van der Waals surface area contributed by atoms with Gasteiger partial charge in [-0.2, -0.15) is 5.26 Å². The van der Waals surface area contributed by atoms with Gasteiger partial charge in [-0.15, -0.1) is 11.6 Å². The number of ether oxygens (including phenoxy) is 1. The number of methoxy groups -OCH3 is 1. The Morgan fingerprint density at radius 2 is 2.33 bits per heavy atom. The molecule has 15 heavy (non-hydrogen) atoms. The Morgan fingerprint density at radius 3 is 2.73 bits per heavy atom. The third-order valence-corrected chi connectivity index (χ3v) is 2.20. The van der Waals surface area contributed by atoms with Crippen molar-refractivity contribution in [1.29, 1.82) is 5.26 Å². The van der Waals surface area contributed by atoms with Crippen molar-refractivity contribution in [3.63, 3.8) is 0 Å². The predicted molar refractivity (Wildman–Crippen MR) is 54.2 cm³/mol. The molecule has 1 aromatic rings. The Balaban J connectivity index is 3.48. The number of benzene rings is 1. The molecule has 0 amide bonds. The van der Waals surface area contributed by atoms with Gasteiger partial charge in [0, 0.05) is 5.88 Å². The molecule has 0 saturated heterocycles. The number of rotatable bonds is 3. The van der Waals surface area contributed by atoms with Crippen LogP contribution >= 0.6 is 11.6 Å². The lowest BCUT2D eigenvalue weighted by atomic mass is 10.0. The summed E-state index contributed by atoms with van der Waals surface area (Å²) in [4.78, 5) is 10.9. The summed E-state index contributed by atoms with van der Waals surface area (Å²) in [6, 6.07) is 4.68. The molecule has 5 heteroatoms. The van der Waals surface area contributed by atoms with Gasteiger partial charge in [-0.25, -0.2) is 4.79 Å². The first-order chi connectivity index (χ1) is 7.13. The first-order valence-electron chi connectivity index (χ1n) is 4.04. The van der Waals surface area contributed by atoms with Crippen molar-refractivity contribution in [2.45, 2.75) is 5.88 Å². The van der Waals surface area contributed by atoms with Gasteiger partial charge in [-0.1, -0.05) is 0 Å². The second-order valence-electron chi connectivity index (χ2n) is 2.76. The molecule has 0 radical (unpaired) electrons. The molecule has 0 aliphatic heterocycles. The fourth-order valence-corrected chi connectivity index (χ4v) is 1.41. The molecule has 78 valence electrons. The Bertz CT molecular complexity index is 437. The Kier molecular flexibility index (Phi) is 3.53. The van der Waals surface area contributed by atoms with Crippen LogP contribution in [0.4, 0.5) is 0 Å². The highest BCUT2D eigenvalue weighted by Crippen LogP contribution is 2.23. The number of carboxylic acids is 1. The van der Waals surface area contributed by atoms with Crippen LogP contribution in [0.15, 0.2) is 12.1 Å². The van der Waals surface area contributed by atoms with Gasteiger partial charge < -0.3 is 9.84 Å². The topological polar surface area (TPSA) is 70.3 Å². The van der Waals surface area contributed by atoms with E-state index in [1.54, 1.807) is 6.07 Å². The third-order valence-electron chi connectivity index (χ3n) is 1.92. The molecule has 0 saturated carbocycles. The van der Waals surface area contributed by atoms with E-state index in [1.807, 2.05) is 6.07 Å². The average molecular weight is 226 g/mol. The molecule has 1 rings (SSSR count). The van der Waals surface area contributed by atoms with E-state index in [0.717, 1.165) is 0 Å². The van der Waals surface area contributed by atoms with Crippen molar-refractivity contribution in [2.75, 3.05) is 7.11 Å². The number of carboxylic acid groups (broad SMARTS) is 1. The second-order valence-corrected chi connectivity index (χ2v) is 3.03. The van der Waals surface area contributed by atoms with Gasteiger partial charge in [0.15, 0.2) is 0 Å². The highest BCUT2D eigenvalue weighted by atomic mass is 35.5. The summed E-state index contributed by atoms with van der Waals surface area (Å²) in [7, 11) is 1.42. The van der Waals surface area contributed by atoms with Crippen molar-refractivity contribution >= 4 is 17.6 Å². The van der Waals surface area contributed by atoms with Crippen LogP contribution < -0.4 is 4.74 Å². The van der Waals surface area contributed by atoms with Gasteiger partial charge in [0.2, 0.25) is 0 Å². The van der Waals surface area contributed by atoms with Crippen LogP contribution in [0.2, 0.25) is 0 Å². The molecule has 0 atom stereocenters. The maximum atomic E-state index is 10.9. The van der Waals surface area contributed by atoms with E-state index in [1.165, 1.54) is 13.2 Å². The van der Waals surface area contributed by atoms with Crippen LogP contribution in [-0.4, -0.2) is 18.2 Å². The molecule has 0 unspecified atom stereocenters. The van der Waals surface area contributed by atoms with Crippen molar-refractivity contribution in [3.8, 4) is 11.8 Å². The summed E-state index contributed by atoms with van der Waals surface area (Å²) >= 11 is 5.62. The summed E-state index contributed by atoms with van der Waals surface area (Å²) in [5.41, 5.74) is 0.446. The van der Waals surface area contributed by atoms with Gasteiger partial charge in [-0.3, -0.25) is 0 Å². The molecule has 0 heterocycles. The van der Waals surface area contributed by atoms with E-state index in [2.05, 4.69) is 0 Å². The number of hydrogen-bond acceptors (Lipinski definition) is 3. The molecule has 1 N–H and O–H groups in total. The smallest absolute Gasteiger partial charge is 0.337 e. The van der Waals surface area contributed by atoms with Crippen LogP contribution in [0.1, 0.15) is 21.5 Å². The quantitative estimate of drug-likeness (QED) is 0.799. The van der Waals surface area contributed by atoms with Crippen molar-refractivity contribution in [2.24, 2.45) is 0 Å². The molecule has 0 bridgehead atoms. The van der Waals surface area contributed by atoms with Gasteiger partial charge in [-0.05, 0) is 17.7 Å². The number of nitrogens with zero attached hydrogens (tertiary/aromatic N) is 1. The minimum Gasteiger partial charge on any atom is -0.497 e. The first-order valence-corrected chi connectivity index (χ1v) is 4.57. The van der Waals surface area contributed by atoms with Crippen LogP contribution in [0.3, 0.4) is 0 Å². The largest absolute Gasteiger partial charge is 0.497 e. The van der Waals surface area contributed by atoms with Crippen LogP contribution in [0.25, 0.3) is 0 Å². The standard InChI is InChI=1S/C10H8ClNO3/c1-15-7-2-6(4-11)9(5-12)8(3-7)10(13)14/h2-3H,4H2,1H3,(H,13,14). The number of alkyl halides is 1. The van der Waals surface area contributed by atoms with Crippen molar-refractivity contribution in [3.05, 3.63) is 28.8 Å². The van der Waals surface area contributed by atoms with Gasteiger partial charge in [0.25, 0.3) is 0 Å². The monoisotopic (exact) mass is 225 g/mol.